The van der Waals surface area contributed by atoms with Crippen LogP contribution in [0.5, 0.6) is 5.75 Å². The highest BCUT2D eigenvalue weighted by molar-refractivity contribution is 6.31. The first-order valence-corrected chi connectivity index (χ1v) is 7.81. The van der Waals surface area contributed by atoms with Crippen LogP contribution in [0.4, 0.5) is 5.69 Å². The summed E-state index contributed by atoms with van der Waals surface area (Å²) in [7, 11) is 0. The number of nitrogens with zero attached hydrogens (tertiary/aromatic N) is 1. The number of aromatic nitrogens is 2. The number of anilines is 1. The predicted molar refractivity (Wildman–Crippen MR) is 94.8 cm³/mol. The van der Waals surface area contributed by atoms with Crippen molar-refractivity contribution < 1.29 is 9.90 Å². The van der Waals surface area contributed by atoms with Crippen LogP contribution in [0, 0.1) is 6.92 Å². The van der Waals surface area contributed by atoms with Crippen molar-refractivity contribution in [3.05, 3.63) is 63.8 Å². The molecule has 7 heteroatoms. The van der Waals surface area contributed by atoms with Crippen LogP contribution in [0.1, 0.15) is 16.1 Å². The Morgan fingerprint density at radius 1 is 1.17 bits per heavy atom. The normalized spacial score (nSPS) is 10.6. The summed E-state index contributed by atoms with van der Waals surface area (Å²) in [5, 5.41) is 20.4. The molecule has 3 aromatic rings. The van der Waals surface area contributed by atoms with Gasteiger partial charge in [-0.3, -0.25) is 9.89 Å². The monoisotopic (exact) mass is 361 g/mol. The lowest BCUT2D eigenvalue weighted by Gasteiger charge is -2.05. The number of rotatable bonds is 3. The first-order chi connectivity index (χ1) is 11.4. The van der Waals surface area contributed by atoms with Gasteiger partial charge in [-0.2, -0.15) is 5.10 Å². The smallest absolute Gasteiger partial charge is 0.273 e. The van der Waals surface area contributed by atoms with Crippen molar-refractivity contribution in [2.24, 2.45) is 0 Å². The zero-order valence-corrected chi connectivity index (χ0v) is 14.1. The molecule has 0 saturated carbocycles. The summed E-state index contributed by atoms with van der Waals surface area (Å²) < 4.78 is 0. The van der Waals surface area contributed by atoms with Crippen LogP contribution < -0.4 is 5.32 Å². The van der Waals surface area contributed by atoms with E-state index in [0.717, 1.165) is 5.56 Å². The maximum Gasteiger partial charge on any atom is 0.273 e. The van der Waals surface area contributed by atoms with Gasteiger partial charge in [0.25, 0.3) is 5.91 Å². The van der Waals surface area contributed by atoms with E-state index in [9.17, 15) is 9.90 Å². The number of carbonyl (C=O) groups excluding carboxylic acids is 1. The number of hydrogen-bond donors (Lipinski definition) is 3. The Morgan fingerprint density at radius 3 is 2.71 bits per heavy atom. The van der Waals surface area contributed by atoms with Crippen molar-refractivity contribution in [3.63, 3.8) is 0 Å². The minimum atomic E-state index is -0.366. The van der Waals surface area contributed by atoms with Crippen molar-refractivity contribution in [2.45, 2.75) is 6.92 Å². The third-order valence-corrected chi connectivity index (χ3v) is 4.13. The zero-order valence-electron chi connectivity index (χ0n) is 12.6. The van der Waals surface area contributed by atoms with Gasteiger partial charge in [0.1, 0.15) is 11.4 Å². The van der Waals surface area contributed by atoms with Gasteiger partial charge >= 0.3 is 0 Å². The number of hydrogen-bond acceptors (Lipinski definition) is 3. The number of halogens is 2. The van der Waals surface area contributed by atoms with Crippen LogP contribution in [-0.2, 0) is 0 Å². The van der Waals surface area contributed by atoms with Crippen LogP contribution in [0.3, 0.4) is 0 Å². The second kappa shape index (κ2) is 6.55. The van der Waals surface area contributed by atoms with Gasteiger partial charge in [-0.25, -0.2) is 0 Å². The number of phenols is 1. The molecule has 0 saturated heterocycles. The molecule has 3 rings (SSSR count). The number of nitrogens with one attached hydrogen (secondary N) is 2. The topological polar surface area (TPSA) is 78.0 Å². The van der Waals surface area contributed by atoms with Crippen LogP contribution >= 0.6 is 23.2 Å². The fourth-order valence-corrected chi connectivity index (χ4v) is 2.51. The first kappa shape index (κ1) is 16.4. The molecule has 0 atom stereocenters. The third-order valence-electron chi connectivity index (χ3n) is 3.49. The molecule has 0 bridgehead atoms. The number of phenolic OH excluding ortho intramolecular Hbond substituents is 1. The molecule has 0 aliphatic heterocycles. The van der Waals surface area contributed by atoms with Gasteiger partial charge in [0.2, 0.25) is 0 Å². The molecule has 122 valence electrons. The molecular weight excluding hydrogens is 349 g/mol. The lowest BCUT2D eigenvalue weighted by molar-refractivity contribution is 0.102. The highest BCUT2D eigenvalue weighted by atomic mass is 35.5. The van der Waals surface area contributed by atoms with E-state index >= 15 is 0 Å². The molecule has 24 heavy (non-hydrogen) atoms. The van der Waals surface area contributed by atoms with E-state index in [1.54, 1.807) is 24.3 Å². The highest BCUT2D eigenvalue weighted by Gasteiger charge is 2.14. The molecule has 1 amide bonds. The lowest BCUT2D eigenvalue weighted by atomic mass is 10.1. The molecule has 3 N–H and O–H groups in total. The van der Waals surface area contributed by atoms with Crippen molar-refractivity contribution in [2.75, 3.05) is 5.32 Å². The molecule has 2 aromatic carbocycles. The maximum absolute atomic E-state index is 12.3. The summed E-state index contributed by atoms with van der Waals surface area (Å²) >= 11 is 12.0. The molecule has 0 fully saturated rings. The van der Waals surface area contributed by atoms with E-state index in [-0.39, 0.29) is 17.4 Å². The minimum Gasteiger partial charge on any atom is -0.507 e. The van der Waals surface area contributed by atoms with Crippen molar-refractivity contribution >= 4 is 34.8 Å². The second-order valence-corrected chi connectivity index (χ2v) is 6.09. The number of amides is 1. The second-order valence-electron chi connectivity index (χ2n) is 5.25. The van der Waals surface area contributed by atoms with Crippen LogP contribution in [0.2, 0.25) is 10.0 Å². The average Bonchev–Trinajstić information content (AvgIpc) is 3.03. The summed E-state index contributed by atoms with van der Waals surface area (Å²) in [6.07, 6.45) is 0. The molecular formula is C17H13Cl2N3O2. The van der Waals surface area contributed by atoms with Gasteiger partial charge in [0.05, 0.1) is 5.69 Å². The maximum atomic E-state index is 12.3. The van der Waals surface area contributed by atoms with Crippen molar-refractivity contribution in [1.82, 2.24) is 10.2 Å². The molecule has 0 spiro atoms. The van der Waals surface area contributed by atoms with E-state index in [1.165, 1.54) is 12.1 Å². The summed E-state index contributed by atoms with van der Waals surface area (Å²) in [5.41, 5.74) is 2.62. The third kappa shape index (κ3) is 3.37. The Labute approximate surface area is 148 Å². The van der Waals surface area contributed by atoms with Gasteiger partial charge in [-0.1, -0.05) is 29.3 Å². The molecule has 0 aliphatic rings. The number of benzene rings is 2. The summed E-state index contributed by atoms with van der Waals surface area (Å²) in [4.78, 5) is 12.3. The van der Waals surface area contributed by atoms with Crippen LogP contribution in [-0.4, -0.2) is 21.2 Å². The number of aryl methyl sites for hydroxylation is 1. The van der Waals surface area contributed by atoms with Gasteiger partial charge in [0.15, 0.2) is 0 Å². The first-order valence-electron chi connectivity index (χ1n) is 7.06. The van der Waals surface area contributed by atoms with Crippen LogP contribution in [0.25, 0.3) is 11.3 Å². The number of carbonyl (C=O) groups is 1. The lowest BCUT2D eigenvalue weighted by Crippen LogP contribution is -2.12. The number of aromatic amines is 1. The summed E-state index contributed by atoms with van der Waals surface area (Å²) in [6, 6.07) is 11.4. The van der Waals surface area contributed by atoms with Crippen molar-refractivity contribution in [1.29, 1.82) is 0 Å². The number of H-pyrrole nitrogens is 1. The summed E-state index contributed by atoms with van der Waals surface area (Å²) in [5.74, 6) is -0.335. The molecule has 1 aromatic heterocycles. The van der Waals surface area contributed by atoms with Crippen LogP contribution in [0.15, 0.2) is 42.5 Å². The Kier molecular flexibility index (Phi) is 4.46. The van der Waals surface area contributed by atoms with Gasteiger partial charge in [-0.05, 0) is 48.9 Å². The van der Waals surface area contributed by atoms with E-state index in [4.69, 9.17) is 23.2 Å². The Hall–Kier alpha value is -2.50. The largest absolute Gasteiger partial charge is 0.507 e. The number of aromatic hydroxyl groups is 1. The Bertz CT molecular complexity index is 922. The molecule has 0 aliphatic carbocycles. The van der Waals surface area contributed by atoms with Gasteiger partial charge in [0, 0.05) is 21.3 Å². The standard InChI is InChI=1S/C17H13Cl2N3O2/c1-9-2-4-11(7-13(9)19)20-17(24)15-8-14(21-22-15)12-6-10(18)3-5-16(12)23/h2-8,23H,1H3,(H,20,24)(H,21,22). The molecule has 1 heterocycles. The summed E-state index contributed by atoms with van der Waals surface area (Å²) in [6.45, 7) is 1.88. The Balaban J connectivity index is 1.83. The van der Waals surface area contributed by atoms with Crippen molar-refractivity contribution in [3.8, 4) is 17.0 Å². The molecule has 0 unspecified atom stereocenters. The molecule has 5 nitrogen and oxygen atoms in total. The average molecular weight is 362 g/mol. The highest BCUT2D eigenvalue weighted by Crippen LogP contribution is 2.30. The van der Waals surface area contributed by atoms with E-state index < -0.39 is 0 Å². The quantitative estimate of drug-likeness (QED) is 0.635. The predicted octanol–water partition coefficient (Wildman–Crippen LogP) is 4.65. The van der Waals surface area contributed by atoms with Gasteiger partial charge < -0.3 is 10.4 Å². The van der Waals surface area contributed by atoms with E-state index in [1.807, 2.05) is 13.0 Å². The fourth-order valence-electron chi connectivity index (χ4n) is 2.16. The molecule has 0 radical (unpaired) electrons. The van der Waals surface area contributed by atoms with E-state index in [2.05, 4.69) is 15.5 Å². The Morgan fingerprint density at radius 2 is 1.96 bits per heavy atom. The fraction of sp³-hybridized carbons (Fsp3) is 0.0588. The SMILES string of the molecule is Cc1ccc(NC(=O)c2cc(-c3cc(Cl)ccc3O)n[nH]2)cc1Cl. The van der Waals surface area contributed by atoms with E-state index in [0.29, 0.717) is 27.0 Å². The van der Waals surface area contributed by atoms with Gasteiger partial charge in [-0.15, -0.1) is 0 Å². The minimum absolute atomic E-state index is 0.0307. The zero-order chi connectivity index (χ0) is 17.3.